The van der Waals surface area contributed by atoms with E-state index in [2.05, 4.69) is 23.0 Å². The number of hydrogen-bond donors (Lipinski definition) is 1. The van der Waals surface area contributed by atoms with Crippen LogP contribution in [0.4, 0.5) is 0 Å². The summed E-state index contributed by atoms with van der Waals surface area (Å²) in [6, 6.07) is 12.0. The van der Waals surface area contributed by atoms with Crippen LogP contribution in [-0.4, -0.2) is 23.7 Å². The third kappa shape index (κ3) is 2.44. The fourth-order valence-electron chi connectivity index (χ4n) is 2.40. The second-order valence-electron chi connectivity index (χ2n) is 4.86. The summed E-state index contributed by atoms with van der Waals surface area (Å²) in [5, 5.41) is 0. The number of fused-ring (bicyclic) bond motifs is 1. The van der Waals surface area contributed by atoms with E-state index in [0.717, 1.165) is 39.5 Å². The second kappa shape index (κ2) is 5.48. The monoisotopic (exact) mass is 282 g/mol. The van der Waals surface area contributed by atoms with E-state index in [1.807, 2.05) is 37.3 Å². The SMILES string of the molecule is CCOc1cc(-c2nc3c(C)cccc3[nH]2)ccc1OC. The smallest absolute Gasteiger partial charge is 0.161 e. The number of H-pyrrole nitrogens is 1. The molecule has 0 aliphatic heterocycles. The van der Waals surface area contributed by atoms with Gasteiger partial charge in [-0.1, -0.05) is 12.1 Å². The maximum atomic E-state index is 5.62. The molecule has 0 spiro atoms. The lowest BCUT2D eigenvalue weighted by atomic mass is 10.2. The van der Waals surface area contributed by atoms with Crippen LogP contribution in [0.5, 0.6) is 11.5 Å². The third-order valence-corrected chi connectivity index (χ3v) is 3.45. The summed E-state index contributed by atoms with van der Waals surface area (Å²) in [7, 11) is 1.64. The molecule has 1 N–H and O–H groups in total. The lowest BCUT2D eigenvalue weighted by Gasteiger charge is -2.10. The highest BCUT2D eigenvalue weighted by Crippen LogP contribution is 2.32. The number of nitrogens with one attached hydrogen (secondary N) is 1. The van der Waals surface area contributed by atoms with Crippen LogP contribution in [-0.2, 0) is 0 Å². The van der Waals surface area contributed by atoms with E-state index in [1.165, 1.54) is 0 Å². The molecule has 108 valence electrons. The lowest BCUT2D eigenvalue weighted by Crippen LogP contribution is -1.95. The Labute approximate surface area is 123 Å². The molecular weight excluding hydrogens is 264 g/mol. The molecule has 3 rings (SSSR count). The highest BCUT2D eigenvalue weighted by molar-refractivity contribution is 5.82. The van der Waals surface area contributed by atoms with Crippen molar-refractivity contribution in [2.75, 3.05) is 13.7 Å². The Balaban J connectivity index is 2.09. The summed E-state index contributed by atoms with van der Waals surface area (Å²) in [5.41, 5.74) is 4.18. The molecular formula is C17H18N2O2. The molecule has 0 aliphatic carbocycles. The number of imidazole rings is 1. The van der Waals surface area contributed by atoms with E-state index in [4.69, 9.17) is 9.47 Å². The minimum absolute atomic E-state index is 0.596. The predicted octanol–water partition coefficient (Wildman–Crippen LogP) is 3.95. The van der Waals surface area contributed by atoms with Gasteiger partial charge in [-0.3, -0.25) is 0 Å². The summed E-state index contributed by atoms with van der Waals surface area (Å²) < 4.78 is 10.9. The van der Waals surface area contributed by atoms with Crippen LogP contribution >= 0.6 is 0 Å². The molecule has 0 aliphatic rings. The molecule has 0 radical (unpaired) electrons. The molecule has 21 heavy (non-hydrogen) atoms. The van der Waals surface area contributed by atoms with Gasteiger partial charge in [-0.25, -0.2) is 4.98 Å². The average molecular weight is 282 g/mol. The first-order valence-corrected chi connectivity index (χ1v) is 6.99. The molecule has 0 unspecified atom stereocenters. The van der Waals surface area contributed by atoms with Crippen molar-refractivity contribution in [3.05, 3.63) is 42.0 Å². The first kappa shape index (κ1) is 13.5. The molecule has 0 fully saturated rings. The number of para-hydroxylation sites is 1. The van der Waals surface area contributed by atoms with E-state index < -0.39 is 0 Å². The van der Waals surface area contributed by atoms with Crippen molar-refractivity contribution in [1.29, 1.82) is 0 Å². The molecule has 2 aromatic carbocycles. The third-order valence-electron chi connectivity index (χ3n) is 3.45. The number of ether oxygens (including phenoxy) is 2. The minimum Gasteiger partial charge on any atom is -0.493 e. The van der Waals surface area contributed by atoms with Gasteiger partial charge in [0.05, 0.1) is 24.8 Å². The number of methoxy groups -OCH3 is 1. The second-order valence-corrected chi connectivity index (χ2v) is 4.86. The van der Waals surface area contributed by atoms with Crippen LogP contribution in [0.2, 0.25) is 0 Å². The normalized spacial score (nSPS) is 10.8. The van der Waals surface area contributed by atoms with E-state index >= 15 is 0 Å². The summed E-state index contributed by atoms with van der Waals surface area (Å²) in [5.74, 6) is 2.30. The number of rotatable bonds is 4. The van der Waals surface area contributed by atoms with Crippen molar-refractivity contribution in [3.8, 4) is 22.9 Å². The summed E-state index contributed by atoms with van der Waals surface area (Å²) >= 11 is 0. The number of aromatic amines is 1. The Bertz CT molecular complexity index is 778. The number of aryl methyl sites for hydroxylation is 1. The van der Waals surface area contributed by atoms with Crippen molar-refractivity contribution < 1.29 is 9.47 Å². The van der Waals surface area contributed by atoms with Gasteiger partial charge in [0.15, 0.2) is 11.5 Å². The fourth-order valence-corrected chi connectivity index (χ4v) is 2.40. The van der Waals surface area contributed by atoms with Crippen LogP contribution in [0.15, 0.2) is 36.4 Å². The molecule has 0 atom stereocenters. The quantitative estimate of drug-likeness (QED) is 0.788. The first-order chi connectivity index (χ1) is 10.2. The van der Waals surface area contributed by atoms with Gasteiger partial charge >= 0.3 is 0 Å². The number of hydrogen-bond acceptors (Lipinski definition) is 3. The number of benzene rings is 2. The van der Waals surface area contributed by atoms with E-state index in [9.17, 15) is 0 Å². The number of aromatic nitrogens is 2. The van der Waals surface area contributed by atoms with Gasteiger partial charge in [0.2, 0.25) is 0 Å². The molecule has 1 aromatic heterocycles. The van der Waals surface area contributed by atoms with Gasteiger partial charge in [0, 0.05) is 5.56 Å². The summed E-state index contributed by atoms with van der Waals surface area (Å²) in [4.78, 5) is 8.04. The van der Waals surface area contributed by atoms with Gasteiger partial charge in [-0.15, -0.1) is 0 Å². The number of nitrogens with zero attached hydrogens (tertiary/aromatic N) is 1. The van der Waals surface area contributed by atoms with Crippen LogP contribution in [0.25, 0.3) is 22.4 Å². The maximum absolute atomic E-state index is 5.62. The largest absolute Gasteiger partial charge is 0.493 e. The molecule has 4 nitrogen and oxygen atoms in total. The summed E-state index contributed by atoms with van der Waals surface area (Å²) in [6.45, 7) is 4.61. The van der Waals surface area contributed by atoms with Gasteiger partial charge in [-0.2, -0.15) is 0 Å². The first-order valence-electron chi connectivity index (χ1n) is 6.99. The van der Waals surface area contributed by atoms with Crippen molar-refractivity contribution >= 4 is 11.0 Å². The van der Waals surface area contributed by atoms with E-state index in [0.29, 0.717) is 6.61 Å². The Morgan fingerprint density at radius 2 is 2.00 bits per heavy atom. The molecule has 0 saturated heterocycles. The molecule has 0 amide bonds. The van der Waals surface area contributed by atoms with Crippen LogP contribution in [0, 0.1) is 6.92 Å². The minimum atomic E-state index is 0.596. The lowest BCUT2D eigenvalue weighted by molar-refractivity contribution is 0.311. The highest BCUT2D eigenvalue weighted by atomic mass is 16.5. The zero-order chi connectivity index (χ0) is 14.8. The van der Waals surface area contributed by atoms with E-state index in [1.54, 1.807) is 7.11 Å². The molecule has 0 saturated carbocycles. The Morgan fingerprint density at radius 3 is 2.71 bits per heavy atom. The van der Waals surface area contributed by atoms with Crippen LogP contribution in [0.1, 0.15) is 12.5 Å². The van der Waals surface area contributed by atoms with Crippen LogP contribution < -0.4 is 9.47 Å². The molecule has 3 aromatic rings. The van der Waals surface area contributed by atoms with Gasteiger partial charge in [-0.05, 0) is 43.7 Å². The van der Waals surface area contributed by atoms with Crippen molar-refractivity contribution in [1.82, 2.24) is 9.97 Å². The van der Waals surface area contributed by atoms with Gasteiger partial charge in [0.1, 0.15) is 5.82 Å². The fraction of sp³-hybridized carbons (Fsp3) is 0.235. The Hall–Kier alpha value is -2.49. The zero-order valence-corrected chi connectivity index (χ0v) is 12.4. The topological polar surface area (TPSA) is 47.1 Å². The molecule has 0 bridgehead atoms. The standard InChI is InChI=1S/C17H18N2O2/c1-4-21-15-10-12(8-9-14(15)20-3)17-18-13-7-5-6-11(2)16(13)19-17/h5-10H,4H2,1-3H3,(H,18,19). The zero-order valence-electron chi connectivity index (χ0n) is 12.4. The van der Waals surface area contributed by atoms with Crippen molar-refractivity contribution in [2.24, 2.45) is 0 Å². The Kier molecular flexibility index (Phi) is 3.52. The van der Waals surface area contributed by atoms with Gasteiger partial charge in [0.25, 0.3) is 0 Å². The predicted molar refractivity (Wildman–Crippen MR) is 84.0 cm³/mol. The van der Waals surface area contributed by atoms with Crippen LogP contribution in [0.3, 0.4) is 0 Å². The van der Waals surface area contributed by atoms with Crippen molar-refractivity contribution in [3.63, 3.8) is 0 Å². The Morgan fingerprint density at radius 1 is 1.14 bits per heavy atom. The van der Waals surface area contributed by atoms with Gasteiger partial charge < -0.3 is 14.5 Å². The average Bonchev–Trinajstić information content (AvgIpc) is 2.93. The van der Waals surface area contributed by atoms with E-state index in [-0.39, 0.29) is 0 Å². The molecule has 1 heterocycles. The summed E-state index contributed by atoms with van der Waals surface area (Å²) in [6.07, 6.45) is 0. The highest BCUT2D eigenvalue weighted by Gasteiger charge is 2.10. The maximum Gasteiger partial charge on any atom is 0.161 e. The van der Waals surface area contributed by atoms with Crippen molar-refractivity contribution in [2.45, 2.75) is 13.8 Å². The molecule has 4 heteroatoms.